The smallest absolute Gasteiger partial charge is 0.194 e. The van der Waals surface area contributed by atoms with Gasteiger partial charge >= 0.3 is 0 Å². The monoisotopic (exact) mass is 662 g/mol. The van der Waals surface area contributed by atoms with Gasteiger partial charge in [0.15, 0.2) is 5.69 Å². The summed E-state index contributed by atoms with van der Waals surface area (Å²) in [6, 6.07) is 57.8. The average Bonchev–Trinajstić information content (AvgIpc) is 3.58. The molecule has 0 aliphatic heterocycles. The van der Waals surface area contributed by atoms with E-state index < -0.39 is 0 Å². The van der Waals surface area contributed by atoms with Crippen LogP contribution in [-0.4, -0.2) is 0 Å². The Morgan fingerprint density at radius 3 is 1.82 bits per heavy atom. The van der Waals surface area contributed by atoms with Gasteiger partial charge in [-0.25, -0.2) is 4.85 Å². The number of thiophene rings is 1. The molecule has 0 saturated carbocycles. The Hall–Kier alpha value is -6.78. The van der Waals surface area contributed by atoms with E-state index in [-0.39, 0.29) is 0 Å². The molecular weight excluding hydrogens is 637 g/mol. The molecular formula is C48H26N2S. The molecule has 0 bridgehead atoms. The van der Waals surface area contributed by atoms with Crippen LogP contribution in [0.2, 0.25) is 0 Å². The van der Waals surface area contributed by atoms with Crippen LogP contribution in [0.5, 0.6) is 0 Å². The first-order valence-corrected chi connectivity index (χ1v) is 17.7. The van der Waals surface area contributed by atoms with E-state index >= 15 is 0 Å². The van der Waals surface area contributed by atoms with Crippen molar-refractivity contribution in [2.24, 2.45) is 0 Å². The van der Waals surface area contributed by atoms with Gasteiger partial charge in [0.1, 0.15) is 0 Å². The van der Waals surface area contributed by atoms with Crippen molar-refractivity contribution in [2.45, 2.75) is 0 Å². The minimum absolute atomic E-state index is 0.634. The van der Waals surface area contributed by atoms with Crippen LogP contribution < -0.4 is 0 Å². The fourth-order valence-corrected chi connectivity index (χ4v) is 9.15. The molecule has 2 nitrogen and oxygen atoms in total. The van der Waals surface area contributed by atoms with Crippen molar-refractivity contribution in [3.63, 3.8) is 0 Å². The van der Waals surface area contributed by atoms with Crippen molar-refractivity contribution in [3.8, 4) is 50.6 Å². The second kappa shape index (κ2) is 11.4. The third-order valence-corrected chi connectivity index (χ3v) is 11.5. The fourth-order valence-electron chi connectivity index (χ4n) is 7.94. The van der Waals surface area contributed by atoms with Crippen LogP contribution in [0.1, 0.15) is 5.56 Å². The molecule has 0 amide bonds. The summed E-state index contributed by atoms with van der Waals surface area (Å²) >= 11 is 1.86. The molecule has 0 radical (unpaired) electrons. The quantitative estimate of drug-likeness (QED) is 0.136. The first kappa shape index (κ1) is 29.2. The van der Waals surface area contributed by atoms with Crippen molar-refractivity contribution >= 4 is 69.5 Å². The van der Waals surface area contributed by atoms with Crippen molar-refractivity contribution in [3.05, 3.63) is 175 Å². The van der Waals surface area contributed by atoms with Gasteiger partial charge in [0.25, 0.3) is 0 Å². The van der Waals surface area contributed by atoms with Gasteiger partial charge in [-0.15, -0.1) is 11.3 Å². The third-order valence-electron chi connectivity index (χ3n) is 10.3. The lowest BCUT2D eigenvalue weighted by atomic mass is 9.84. The van der Waals surface area contributed by atoms with E-state index in [0.29, 0.717) is 11.3 Å². The first-order valence-electron chi connectivity index (χ1n) is 16.9. The van der Waals surface area contributed by atoms with Crippen LogP contribution >= 0.6 is 11.3 Å². The zero-order valence-electron chi connectivity index (χ0n) is 27.3. The molecule has 9 aromatic carbocycles. The van der Waals surface area contributed by atoms with Gasteiger partial charge < -0.3 is 0 Å². The highest BCUT2D eigenvalue weighted by molar-refractivity contribution is 7.26. The van der Waals surface area contributed by atoms with Gasteiger partial charge in [-0.05, 0) is 96.2 Å². The molecule has 0 spiro atoms. The molecule has 0 fully saturated rings. The van der Waals surface area contributed by atoms with Crippen LogP contribution in [-0.2, 0) is 0 Å². The van der Waals surface area contributed by atoms with Crippen molar-refractivity contribution in [2.75, 3.05) is 0 Å². The van der Waals surface area contributed by atoms with Gasteiger partial charge in [0.05, 0.1) is 18.2 Å². The Morgan fingerprint density at radius 1 is 0.471 bits per heavy atom. The van der Waals surface area contributed by atoms with Crippen LogP contribution in [0.3, 0.4) is 0 Å². The summed E-state index contributed by atoms with van der Waals surface area (Å²) in [6.07, 6.45) is 0. The van der Waals surface area contributed by atoms with Crippen LogP contribution in [0.25, 0.3) is 102 Å². The average molecular weight is 663 g/mol. The van der Waals surface area contributed by atoms with Crippen LogP contribution in [0.15, 0.2) is 158 Å². The molecule has 1 aromatic heterocycles. The number of nitriles is 1. The summed E-state index contributed by atoms with van der Waals surface area (Å²) in [5.41, 5.74) is 9.51. The molecule has 3 heteroatoms. The summed E-state index contributed by atoms with van der Waals surface area (Å²) in [6.45, 7) is 7.96. The van der Waals surface area contributed by atoms with E-state index in [4.69, 9.17) is 6.57 Å². The molecule has 0 atom stereocenters. The molecule has 0 aliphatic carbocycles. The molecule has 0 saturated heterocycles. The van der Waals surface area contributed by atoms with Gasteiger partial charge in [0, 0.05) is 31.1 Å². The Balaban J connectivity index is 1.33. The Bertz CT molecular complexity index is 2970. The van der Waals surface area contributed by atoms with Crippen molar-refractivity contribution in [1.29, 1.82) is 5.26 Å². The van der Waals surface area contributed by atoms with E-state index in [2.05, 4.69) is 120 Å². The first-order chi connectivity index (χ1) is 25.2. The number of rotatable bonds is 4. The van der Waals surface area contributed by atoms with Gasteiger partial charge in [0.2, 0.25) is 0 Å². The summed E-state index contributed by atoms with van der Waals surface area (Å²) in [7, 11) is 0. The topological polar surface area (TPSA) is 28.1 Å². The van der Waals surface area contributed by atoms with Crippen LogP contribution in [0.4, 0.5) is 5.69 Å². The molecule has 0 aliphatic rings. The van der Waals surface area contributed by atoms with Crippen molar-refractivity contribution in [1.82, 2.24) is 0 Å². The van der Waals surface area contributed by atoms with E-state index in [0.717, 1.165) is 44.5 Å². The second-order valence-corrected chi connectivity index (χ2v) is 14.1. The predicted molar refractivity (Wildman–Crippen MR) is 216 cm³/mol. The van der Waals surface area contributed by atoms with Crippen LogP contribution in [0, 0.1) is 17.9 Å². The standard InChI is InChI=1S/C48H26N2S/c1-50-44-23-19-32(25-42(44)30-12-6-3-7-13-30)41-27-40(31-16-17-34(28-49)39(24-31)29-10-4-2-5-11-29)37-21-22-38-46-33(18-20-36(41)47(37)46)26-43-35-14-8-9-15-45(35)51-48(38)43/h2-27H. The molecule has 0 N–H and O–H groups in total. The minimum atomic E-state index is 0.634. The predicted octanol–water partition coefficient (Wildman–Crippen LogP) is 14.0. The molecule has 234 valence electrons. The fraction of sp³-hybridized carbons (Fsp3) is 0. The number of hydrogen-bond acceptors (Lipinski definition) is 2. The zero-order valence-corrected chi connectivity index (χ0v) is 28.1. The van der Waals surface area contributed by atoms with E-state index in [1.54, 1.807) is 0 Å². The lowest BCUT2D eigenvalue weighted by molar-refractivity contribution is 1.48. The normalized spacial score (nSPS) is 11.5. The van der Waals surface area contributed by atoms with E-state index in [1.807, 2.05) is 59.9 Å². The summed E-state index contributed by atoms with van der Waals surface area (Å²) < 4.78 is 2.60. The molecule has 1 heterocycles. The number of benzene rings is 9. The van der Waals surface area contributed by atoms with Gasteiger partial charge in [-0.2, -0.15) is 5.26 Å². The van der Waals surface area contributed by atoms with Gasteiger partial charge in [-0.1, -0.05) is 127 Å². The summed E-state index contributed by atoms with van der Waals surface area (Å²) in [5, 5.41) is 20.1. The highest BCUT2D eigenvalue weighted by Crippen LogP contribution is 2.49. The molecule has 0 unspecified atom stereocenters. The largest absolute Gasteiger partial charge is 0.238 e. The number of nitrogens with zero attached hydrogens (tertiary/aromatic N) is 2. The maximum absolute atomic E-state index is 10.1. The van der Waals surface area contributed by atoms with Crippen molar-refractivity contribution < 1.29 is 0 Å². The number of hydrogen-bond donors (Lipinski definition) is 0. The zero-order chi connectivity index (χ0) is 34.1. The summed E-state index contributed by atoms with van der Waals surface area (Å²) in [4.78, 5) is 3.90. The maximum Gasteiger partial charge on any atom is 0.194 e. The maximum atomic E-state index is 10.1. The highest BCUT2D eigenvalue weighted by atomic mass is 32.1. The molecule has 10 rings (SSSR count). The molecule has 10 aromatic rings. The summed E-state index contributed by atoms with van der Waals surface area (Å²) in [5.74, 6) is 0. The van der Waals surface area contributed by atoms with Gasteiger partial charge in [-0.3, -0.25) is 0 Å². The Labute approximate surface area is 298 Å². The Morgan fingerprint density at radius 2 is 1.10 bits per heavy atom. The third kappa shape index (κ3) is 4.47. The minimum Gasteiger partial charge on any atom is -0.238 e. The number of fused-ring (bicyclic) bond motifs is 4. The lowest BCUT2D eigenvalue weighted by Crippen LogP contribution is -1.93. The lowest BCUT2D eigenvalue weighted by Gasteiger charge is -2.19. The highest BCUT2D eigenvalue weighted by Gasteiger charge is 2.21. The Kier molecular flexibility index (Phi) is 6.52. The second-order valence-electron chi connectivity index (χ2n) is 13.0. The van der Waals surface area contributed by atoms with E-state index in [1.165, 1.54) is 52.5 Å². The SMILES string of the molecule is [C-]#[N+]c1ccc(-c2cc(-c3ccc(C#N)c(-c4ccccc4)c3)c3ccc4c5sc6ccccc6c5cc5ccc2c3c54)cc1-c1ccccc1. The molecule has 51 heavy (non-hydrogen) atoms. The van der Waals surface area contributed by atoms with E-state index in [9.17, 15) is 5.26 Å².